The van der Waals surface area contributed by atoms with Crippen LogP contribution in [0.3, 0.4) is 0 Å². The van der Waals surface area contributed by atoms with Gasteiger partial charge in [0.1, 0.15) is 22.8 Å². The summed E-state index contributed by atoms with van der Waals surface area (Å²) >= 11 is 2.06. The lowest BCUT2D eigenvalue weighted by molar-refractivity contribution is -0.162. The molecule has 0 spiro atoms. The molecule has 0 unspecified atom stereocenters. The number of carbonyl (C=O) groups excluding carboxylic acids is 3. The molecule has 0 saturated carbocycles. The van der Waals surface area contributed by atoms with E-state index in [1.165, 1.54) is 0 Å². The Balaban J connectivity index is 5.59. The smallest absolute Gasteiger partial charge is 0.408 e. The molecule has 0 heterocycles. The molecule has 0 aliphatic heterocycles. The SMILES string of the molecule is CC(C)(C)OC(=O)N[C@@H](C[C@H](C/C=C/[125I])C(=O)OC(C)(C)C)C(=O)OC(C)(C)C. The van der Waals surface area contributed by atoms with Crippen LogP contribution in [0.2, 0.25) is 0 Å². The number of hydrogen-bond donors (Lipinski definition) is 1. The molecule has 0 radical (unpaired) electrons. The van der Waals surface area contributed by atoms with Crippen LogP contribution in [0, 0.1) is 5.92 Å². The molecule has 0 aliphatic carbocycles. The molecule has 0 fully saturated rings. The Kier molecular flexibility index (Phi) is 10.7. The lowest BCUT2D eigenvalue weighted by Gasteiger charge is -2.29. The molecule has 0 bridgehead atoms. The summed E-state index contributed by atoms with van der Waals surface area (Å²) in [5.41, 5.74) is -2.13. The Hall–Kier alpha value is -1.32. The lowest BCUT2D eigenvalue weighted by Crippen LogP contribution is -2.47. The predicted octanol–water partition coefficient (Wildman–Crippen LogP) is 4.91. The first-order chi connectivity index (χ1) is 12.9. The van der Waals surface area contributed by atoms with Crippen LogP contribution in [0.25, 0.3) is 0 Å². The average molecular weight is 523 g/mol. The van der Waals surface area contributed by atoms with Gasteiger partial charge < -0.3 is 19.5 Å². The van der Waals surface area contributed by atoms with Crippen LogP contribution in [0.4, 0.5) is 4.79 Å². The maximum Gasteiger partial charge on any atom is 0.408 e. The summed E-state index contributed by atoms with van der Waals surface area (Å²) in [7, 11) is 0. The summed E-state index contributed by atoms with van der Waals surface area (Å²) < 4.78 is 18.0. The molecule has 0 rings (SSSR count). The van der Waals surface area contributed by atoms with Crippen molar-refractivity contribution in [1.29, 1.82) is 0 Å². The van der Waals surface area contributed by atoms with Crippen LogP contribution in [0.5, 0.6) is 0 Å². The van der Waals surface area contributed by atoms with Crippen molar-refractivity contribution in [3.63, 3.8) is 0 Å². The normalized spacial score (nSPS) is 14.8. The first kappa shape index (κ1) is 27.7. The largest absolute Gasteiger partial charge is 0.460 e. The van der Waals surface area contributed by atoms with Gasteiger partial charge in [-0.15, -0.1) is 0 Å². The minimum absolute atomic E-state index is 0.0318. The van der Waals surface area contributed by atoms with E-state index in [2.05, 4.69) is 27.9 Å². The average Bonchev–Trinajstić information content (AvgIpc) is 2.44. The molecular weight excluding hydrogens is 487 g/mol. The van der Waals surface area contributed by atoms with Gasteiger partial charge in [0.05, 0.1) is 5.92 Å². The van der Waals surface area contributed by atoms with Gasteiger partial charge in [0.25, 0.3) is 0 Å². The number of amides is 1. The molecule has 29 heavy (non-hydrogen) atoms. The number of rotatable bonds is 7. The van der Waals surface area contributed by atoms with Gasteiger partial charge in [-0.25, -0.2) is 9.59 Å². The van der Waals surface area contributed by atoms with Gasteiger partial charge in [0.2, 0.25) is 0 Å². The molecular formula is C21H36INO6. The topological polar surface area (TPSA) is 90.9 Å². The number of esters is 2. The van der Waals surface area contributed by atoms with E-state index in [0.717, 1.165) is 0 Å². The number of carbonyl (C=O) groups is 3. The van der Waals surface area contributed by atoms with Crippen molar-refractivity contribution in [1.82, 2.24) is 5.32 Å². The van der Waals surface area contributed by atoms with E-state index >= 15 is 0 Å². The van der Waals surface area contributed by atoms with Gasteiger partial charge in [0, 0.05) is 0 Å². The van der Waals surface area contributed by atoms with Gasteiger partial charge in [-0.3, -0.25) is 4.79 Å². The molecule has 8 heteroatoms. The zero-order valence-electron chi connectivity index (χ0n) is 19.1. The van der Waals surface area contributed by atoms with Crippen molar-refractivity contribution < 1.29 is 28.6 Å². The molecule has 1 amide bonds. The van der Waals surface area contributed by atoms with Crippen molar-refractivity contribution in [3.05, 3.63) is 10.2 Å². The van der Waals surface area contributed by atoms with Crippen LogP contribution >= 0.6 is 22.6 Å². The van der Waals surface area contributed by atoms with Crippen LogP contribution < -0.4 is 5.32 Å². The molecule has 2 atom stereocenters. The number of halogens is 1. The van der Waals surface area contributed by atoms with E-state index in [9.17, 15) is 14.4 Å². The number of nitrogens with one attached hydrogen (secondary N) is 1. The van der Waals surface area contributed by atoms with E-state index in [0.29, 0.717) is 6.42 Å². The fourth-order valence-corrected chi connectivity index (χ4v) is 2.50. The van der Waals surface area contributed by atoms with Gasteiger partial charge in [0.15, 0.2) is 0 Å². The van der Waals surface area contributed by atoms with Gasteiger partial charge in [-0.2, -0.15) is 0 Å². The molecule has 0 aromatic carbocycles. The highest BCUT2D eigenvalue weighted by Gasteiger charge is 2.34. The first-order valence-electron chi connectivity index (χ1n) is 9.64. The third kappa shape index (κ3) is 14.3. The summed E-state index contributed by atoms with van der Waals surface area (Å²) in [6.45, 7) is 15.7. The minimum Gasteiger partial charge on any atom is -0.460 e. The highest BCUT2D eigenvalue weighted by Crippen LogP contribution is 2.21. The minimum atomic E-state index is -1.05. The van der Waals surface area contributed by atoms with Crippen LogP contribution in [0.1, 0.15) is 75.2 Å². The van der Waals surface area contributed by atoms with Crippen LogP contribution in [-0.2, 0) is 23.8 Å². The molecule has 0 aromatic rings. The summed E-state index contributed by atoms with van der Waals surface area (Å²) in [6.07, 6.45) is 1.46. The standard InChI is InChI=1S/C21H36INO6/c1-19(2,3)27-16(24)14(11-10-12-22)13-15(17(25)28-20(4,5)6)23-18(26)29-21(7,8)9/h10,12,14-15H,11,13H2,1-9H3,(H,23,26)/b12-10+/t14-,15-/m0/s1/i22-2. The lowest BCUT2D eigenvalue weighted by atomic mass is 9.96. The maximum atomic E-state index is 12.7. The highest BCUT2D eigenvalue weighted by molar-refractivity contribution is 14.1. The number of ether oxygens (including phenoxy) is 3. The fraction of sp³-hybridized carbons (Fsp3) is 0.762. The first-order valence-corrected chi connectivity index (χ1v) is 10.9. The van der Waals surface area contributed by atoms with Crippen LogP contribution in [-0.4, -0.2) is 40.9 Å². The molecule has 7 nitrogen and oxygen atoms in total. The zero-order valence-corrected chi connectivity index (χ0v) is 21.2. The quantitative estimate of drug-likeness (QED) is 0.290. The fourth-order valence-electron chi connectivity index (χ4n) is 2.21. The van der Waals surface area contributed by atoms with E-state index in [1.54, 1.807) is 66.4 Å². The number of allylic oxidation sites excluding steroid dienone is 1. The summed E-state index contributed by atoms with van der Waals surface area (Å²) in [5.74, 6) is -1.70. The Morgan fingerprint density at radius 3 is 1.69 bits per heavy atom. The van der Waals surface area contributed by atoms with E-state index < -0.39 is 46.8 Å². The third-order valence-corrected chi connectivity index (χ3v) is 3.66. The monoisotopic (exact) mass is 523 g/mol. The summed E-state index contributed by atoms with van der Waals surface area (Å²) in [5, 5.41) is 2.55. The zero-order chi connectivity index (χ0) is 23.0. The van der Waals surface area contributed by atoms with Crippen molar-refractivity contribution >= 4 is 40.6 Å². The summed E-state index contributed by atoms with van der Waals surface area (Å²) in [6, 6.07) is -1.05. The van der Waals surface area contributed by atoms with Crippen molar-refractivity contribution in [2.45, 2.75) is 98.0 Å². The number of alkyl carbamates (subject to hydrolysis) is 1. The Morgan fingerprint density at radius 2 is 1.28 bits per heavy atom. The third-order valence-electron chi connectivity index (χ3n) is 3.15. The van der Waals surface area contributed by atoms with Crippen molar-refractivity contribution in [2.24, 2.45) is 5.92 Å². The van der Waals surface area contributed by atoms with Crippen molar-refractivity contribution in [3.8, 4) is 0 Å². The molecule has 168 valence electrons. The van der Waals surface area contributed by atoms with E-state index in [1.807, 2.05) is 6.08 Å². The number of hydrogen-bond acceptors (Lipinski definition) is 6. The second kappa shape index (κ2) is 11.2. The summed E-state index contributed by atoms with van der Waals surface area (Å²) in [4.78, 5) is 37.6. The second-order valence-corrected chi connectivity index (χ2v) is 10.5. The second-order valence-electron chi connectivity index (χ2n) is 9.80. The van der Waals surface area contributed by atoms with Crippen LogP contribution in [0.15, 0.2) is 10.2 Å². The van der Waals surface area contributed by atoms with Crippen molar-refractivity contribution in [2.75, 3.05) is 0 Å². The predicted molar refractivity (Wildman–Crippen MR) is 121 cm³/mol. The van der Waals surface area contributed by atoms with Gasteiger partial charge in [-0.1, -0.05) is 28.7 Å². The van der Waals surface area contributed by atoms with Gasteiger partial charge >= 0.3 is 18.0 Å². The molecule has 0 saturated heterocycles. The maximum absolute atomic E-state index is 12.7. The van der Waals surface area contributed by atoms with E-state index in [-0.39, 0.29) is 6.42 Å². The Bertz CT molecular complexity index is 596. The Labute approximate surface area is 188 Å². The molecule has 0 aromatic heterocycles. The molecule has 1 N–H and O–H groups in total. The molecule has 0 aliphatic rings. The highest BCUT2D eigenvalue weighted by atomic mass is 125. The Morgan fingerprint density at radius 1 is 0.828 bits per heavy atom. The van der Waals surface area contributed by atoms with E-state index in [4.69, 9.17) is 14.2 Å². The van der Waals surface area contributed by atoms with Gasteiger partial charge in [-0.05, 0) is 79.2 Å².